The van der Waals surface area contributed by atoms with Gasteiger partial charge in [0.1, 0.15) is 6.04 Å². The number of rotatable bonds is 4. The number of amides is 1. The first-order valence-corrected chi connectivity index (χ1v) is 5.57. The van der Waals surface area contributed by atoms with Gasteiger partial charge in [-0.15, -0.1) is 0 Å². The lowest BCUT2D eigenvalue weighted by Gasteiger charge is -2.13. The highest BCUT2D eigenvalue weighted by Gasteiger charge is 2.19. The predicted octanol–water partition coefficient (Wildman–Crippen LogP) is 2.37. The zero-order valence-electron chi connectivity index (χ0n) is 9.07. The van der Waals surface area contributed by atoms with Crippen LogP contribution in [-0.2, 0) is 16.0 Å². The Morgan fingerprint density at radius 1 is 1.35 bits per heavy atom. The fourth-order valence-corrected chi connectivity index (χ4v) is 1.50. The second-order valence-corrected chi connectivity index (χ2v) is 4.13. The van der Waals surface area contributed by atoms with Gasteiger partial charge in [0, 0.05) is 11.4 Å². The van der Waals surface area contributed by atoms with E-state index in [1.54, 1.807) is 24.3 Å². The first-order chi connectivity index (χ1) is 8.02. The van der Waals surface area contributed by atoms with Crippen LogP contribution in [0.25, 0.3) is 0 Å². The minimum atomic E-state index is -0.815. The molecule has 0 heterocycles. The maximum atomic E-state index is 11.1. The number of methoxy groups -OCH3 is 1. The molecule has 92 valence electrons. The Hall–Kier alpha value is -1.26. The molecule has 1 amide bonds. The summed E-state index contributed by atoms with van der Waals surface area (Å²) in [6.07, 6.45) is -0.410. The summed E-state index contributed by atoms with van der Waals surface area (Å²) in [4.78, 5) is 22.1. The Kier molecular flexibility index (Phi) is 5.25. The van der Waals surface area contributed by atoms with Crippen LogP contribution < -0.4 is 5.32 Å². The van der Waals surface area contributed by atoms with Crippen LogP contribution in [0.2, 0.25) is 5.02 Å². The second-order valence-electron chi connectivity index (χ2n) is 3.32. The van der Waals surface area contributed by atoms with Crippen LogP contribution in [0.15, 0.2) is 24.3 Å². The summed E-state index contributed by atoms with van der Waals surface area (Å²) < 4.78 is 4.41. The number of hydrogen-bond acceptors (Lipinski definition) is 3. The van der Waals surface area contributed by atoms with Crippen molar-refractivity contribution >= 4 is 34.5 Å². The molecule has 0 aromatic heterocycles. The van der Waals surface area contributed by atoms with Crippen LogP contribution in [0.3, 0.4) is 0 Å². The van der Waals surface area contributed by atoms with E-state index in [1.165, 1.54) is 7.11 Å². The fourth-order valence-electron chi connectivity index (χ4n) is 1.25. The van der Waals surface area contributed by atoms with E-state index in [1.807, 2.05) is 0 Å². The minimum absolute atomic E-state index is 0.286. The SMILES string of the molecule is COC(=O)NC(Cc1ccc(Cl)cc1)C(=O)Cl. The number of carbonyl (C=O) groups is 2. The summed E-state index contributed by atoms with van der Waals surface area (Å²) >= 11 is 11.1. The maximum absolute atomic E-state index is 11.1. The van der Waals surface area contributed by atoms with Crippen LogP contribution in [-0.4, -0.2) is 24.5 Å². The van der Waals surface area contributed by atoms with Crippen LogP contribution in [0, 0.1) is 0 Å². The summed E-state index contributed by atoms with van der Waals surface area (Å²) in [5.41, 5.74) is 0.838. The molecule has 17 heavy (non-hydrogen) atoms. The van der Waals surface area contributed by atoms with Gasteiger partial charge in [0.25, 0.3) is 0 Å². The molecule has 1 rings (SSSR count). The number of hydrogen-bond donors (Lipinski definition) is 1. The monoisotopic (exact) mass is 275 g/mol. The molecular weight excluding hydrogens is 265 g/mol. The molecule has 0 bridgehead atoms. The molecule has 1 atom stereocenters. The molecule has 0 saturated heterocycles. The molecule has 0 radical (unpaired) electrons. The Morgan fingerprint density at radius 3 is 2.41 bits per heavy atom. The van der Waals surface area contributed by atoms with Gasteiger partial charge in [0.05, 0.1) is 7.11 Å². The molecule has 1 aromatic rings. The topological polar surface area (TPSA) is 55.4 Å². The molecule has 0 aliphatic carbocycles. The Morgan fingerprint density at radius 2 is 1.94 bits per heavy atom. The molecule has 0 aliphatic rings. The zero-order valence-corrected chi connectivity index (χ0v) is 10.6. The average molecular weight is 276 g/mol. The summed E-state index contributed by atoms with van der Waals surface area (Å²) in [5.74, 6) is 0. The van der Waals surface area contributed by atoms with E-state index in [0.717, 1.165) is 5.56 Å². The summed E-state index contributed by atoms with van der Waals surface area (Å²) in [5, 5.41) is 2.31. The average Bonchev–Trinajstić information content (AvgIpc) is 2.30. The highest BCUT2D eigenvalue weighted by atomic mass is 35.5. The van der Waals surface area contributed by atoms with Crippen molar-refractivity contribution in [2.75, 3.05) is 7.11 Å². The summed E-state index contributed by atoms with van der Waals surface area (Å²) in [7, 11) is 1.22. The van der Waals surface area contributed by atoms with E-state index in [2.05, 4.69) is 10.1 Å². The largest absolute Gasteiger partial charge is 0.453 e. The number of nitrogens with one attached hydrogen (secondary N) is 1. The third-order valence-electron chi connectivity index (χ3n) is 2.10. The lowest BCUT2D eigenvalue weighted by Crippen LogP contribution is -2.40. The van der Waals surface area contributed by atoms with Gasteiger partial charge in [-0.05, 0) is 29.3 Å². The van der Waals surface area contributed by atoms with Crippen molar-refractivity contribution in [3.63, 3.8) is 0 Å². The molecule has 0 spiro atoms. The molecule has 1 unspecified atom stereocenters. The molecule has 0 fully saturated rings. The standard InChI is InChI=1S/C11H11Cl2NO3/c1-17-11(16)14-9(10(13)15)6-7-2-4-8(12)5-3-7/h2-5,9H,6H2,1H3,(H,14,16). The Bertz CT molecular complexity index is 406. The Balaban J connectivity index is 2.70. The quantitative estimate of drug-likeness (QED) is 0.859. The van der Waals surface area contributed by atoms with E-state index < -0.39 is 17.4 Å². The highest BCUT2D eigenvalue weighted by Crippen LogP contribution is 2.12. The van der Waals surface area contributed by atoms with Crippen molar-refractivity contribution in [3.8, 4) is 0 Å². The van der Waals surface area contributed by atoms with Crippen molar-refractivity contribution in [2.24, 2.45) is 0 Å². The number of ether oxygens (including phenoxy) is 1. The van der Waals surface area contributed by atoms with Crippen molar-refractivity contribution < 1.29 is 14.3 Å². The predicted molar refractivity (Wildman–Crippen MR) is 65.3 cm³/mol. The highest BCUT2D eigenvalue weighted by molar-refractivity contribution is 6.64. The normalized spacial score (nSPS) is 11.7. The van der Waals surface area contributed by atoms with Crippen LogP contribution in [0.5, 0.6) is 0 Å². The first kappa shape index (κ1) is 13.8. The second kappa shape index (κ2) is 6.47. The van der Waals surface area contributed by atoms with Gasteiger partial charge < -0.3 is 10.1 Å². The van der Waals surface area contributed by atoms with E-state index >= 15 is 0 Å². The number of benzene rings is 1. The van der Waals surface area contributed by atoms with E-state index in [0.29, 0.717) is 5.02 Å². The minimum Gasteiger partial charge on any atom is -0.453 e. The lowest BCUT2D eigenvalue weighted by molar-refractivity contribution is -0.113. The molecule has 0 aliphatic heterocycles. The van der Waals surface area contributed by atoms with Gasteiger partial charge in [0.2, 0.25) is 5.24 Å². The molecular formula is C11H11Cl2NO3. The van der Waals surface area contributed by atoms with Crippen molar-refractivity contribution in [1.82, 2.24) is 5.32 Å². The van der Waals surface area contributed by atoms with Crippen LogP contribution in [0.4, 0.5) is 4.79 Å². The maximum Gasteiger partial charge on any atom is 0.407 e. The molecule has 1 aromatic carbocycles. The molecule has 1 N–H and O–H groups in total. The zero-order chi connectivity index (χ0) is 12.8. The van der Waals surface area contributed by atoms with Gasteiger partial charge >= 0.3 is 6.09 Å². The molecule has 4 nitrogen and oxygen atoms in total. The number of halogens is 2. The van der Waals surface area contributed by atoms with E-state index in [-0.39, 0.29) is 6.42 Å². The first-order valence-electron chi connectivity index (χ1n) is 4.81. The van der Waals surface area contributed by atoms with Gasteiger partial charge in [0.15, 0.2) is 0 Å². The number of carbonyl (C=O) groups excluding carboxylic acids is 2. The van der Waals surface area contributed by atoms with Crippen molar-refractivity contribution in [2.45, 2.75) is 12.5 Å². The van der Waals surface area contributed by atoms with E-state index in [9.17, 15) is 9.59 Å². The van der Waals surface area contributed by atoms with E-state index in [4.69, 9.17) is 23.2 Å². The summed E-state index contributed by atoms with van der Waals surface area (Å²) in [6.45, 7) is 0. The molecule has 6 heteroatoms. The summed E-state index contributed by atoms with van der Waals surface area (Å²) in [6, 6.07) is 6.10. The number of alkyl carbamates (subject to hydrolysis) is 1. The van der Waals surface area contributed by atoms with Gasteiger partial charge in [-0.1, -0.05) is 23.7 Å². The van der Waals surface area contributed by atoms with Crippen molar-refractivity contribution in [3.05, 3.63) is 34.9 Å². The smallest absolute Gasteiger partial charge is 0.407 e. The third kappa shape index (κ3) is 4.63. The lowest BCUT2D eigenvalue weighted by atomic mass is 10.1. The van der Waals surface area contributed by atoms with Crippen molar-refractivity contribution in [1.29, 1.82) is 0 Å². The van der Waals surface area contributed by atoms with Gasteiger partial charge in [-0.25, -0.2) is 4.79 Å². The van der Waals surface area contributed by atoms with Gasteiger partial charge in [-0.3, -0.25) is 4.79 Å². The van der Waals surface area contributed by atoms with Gasteiger partial charge in [-0.2, -0.15) is 0 Å². The van der Waals surface area contributed by atoms with Crippen LogP contribution in [0.1, 0.15) is 5.56 Å². The van der Waals surface area contributed by atoms with Crippen LogP contribution >= 0.6 is 23.2 Å². The third-order valence-corrected chi connectivity index (χ3v) is 2.62. The Labute approximate surface area is 109 Å². The molecule has 0 saturated carbocycles. The fraction of sp³-hybridized carbons (Fsp3) is 0.273.